The third kappa shape index (κ3) is 2.28. The van der Waals surface area contributed by atoms with E-state index >= 15 is 0 Å². The molecule has 1 nitrogen and oxygen atoms in total. The molecule has 0 N–H and O–H groups in total. The quantitative estimate of drug-likeness (QED) is 0.723. The molecule has 0 saturated heterocycles. The van der Waals surface area contributed by atoms with Crippen molar-refractivity contribution in [3.63, 3.8) is 0 Å². The van der Waals surface area contributed by atoms with Crippen LogP contribution in [0.25, 0.3) is 5.57 Å². The molecule has 0 aliphatic heterocycles. The molecule has 0 radical (unpaired) electrons. The predicted molar refractivity (Wildman–Crippen MR) is 79.2 cm³/mol. The van der Waals surface area contributed by atoms with Crippen LogP contribution in [0, 0.1) is 0 Å². The van der Waals surface area contributed by atoms with Crippen molar-refractivity contribution in [1.29, 1.82) is 0 Å². The Hall–Kier alpha value is -2.02. The van der Waals surface area contributed by atoms with Gasteiger partial charge in [0.1, 0.15) is 12.4 Å². The second-order valence-electron chi connectivity index (χ2n) is 5.15. The zero-order valence-corrected chi connectivity index (χ0v) is 11.4. The maximum atomic E-state index is 6.02. The van der Waals surface area contributed by atoms with E-state index in [-0.39, 0.29) is 0 Å². The predicted octanol–water partition coefficient (Wildman–Crippen LogP) is 4.62. The average molecular weight is 251 g/mol. The van der Waals surface area contributed by atoms with Crippen molar-refractivity contribution in [3.8, 4) is 5.75 Å². The molecule has 0 atom stereocenters. The SMILES string of the molecule is CC1=C([13CH3])c2c(cccc2OCc2ccccc2)C1. The van der Waals surface area contributed by atoms with Crippen molar-refractivity contribution in [1.82, 2.24) is 0 Å². The summed E-state index contributed by atoms with van der Waals surface area (Å²) in [6.45, 7) is 5.02. The third-order valence-corrected chi connectivity index (χ3v) is 3.82. The molecule has 0 unspecified atom stereocenters. The lowest BCUT2D eigenvalue weighted by Crippen LogP contribution is -1.98. The summed E-state index contributed by atoms with van der Waals surface area (Å²) in [5.41, 5.74) is 6.72. The highest BCUT2D eigenvalue weighted by atomic mass is 16.5. The fourth-order valence-electron chi connectivity index (χ4n) is 2.64. The Labute approximate surface area is 114 Å². The van der Waals surface area contributed by atoms with Crippen LogP contribution < -0.4 is 4.74 Å². The zero-order chi connectivity index (χ0) is 13.2. The lowest BCUT2D eigenvalue weighted by atomic mass is 10.1. The number of ether oxygens (including phenoxy) is 1. The first-order chi connectivity index (χ1) is 9.25. The Bertz CT molecular complexity index is 623. The molecule has 0 fully saturated rings. The van der Waals surface area contributed by atoms with E-state index in [0.29, 0.717) is 6.61 Å². The van der Waals surface area contributed by atoms with E-state index in [9.17, 15) is 0 Å². The van der Waals surface area contributed by atoms with Gasteiger partial charge in [-0.1, -0.05) is 48.0 Å². The monoisotopic (exact) mass is 251 g/mol. The van der Waals surface area contributed by atoms with Crippen LogP contribution in [0.15, 0.2) is 54.1 Å². The molecular weight excluding hydrogens is 233 g/mol. The molecule has 0 bridgehead atoms. The summed E-state index contributed by atoms with van der Waals surface area (Å²) in [7, 11) is 0. The van der Waals surface area contributed by atoms with Crippen molar-refractivity contribution < 1.29 is 4.74 Å². The minimum absolute atomic E-state index is 0.629. The van der Waals surface area contributed by atoms with Gasteiger partial charge in [-0.2, -0.15) is 0 Å². The first-order valence-corrected chi connectivity index (χ1v) is 6.71. The molecule has 0 spiro atoms. The molecule has 0 heterocycles. The Morgan fingerprint density at radius 3 is 2.53 bits per heavy atom. The van der Waals surface area contributed by atoms with Gasteiger partial charge in [-0.15, -0.1) is 0 Å². The van der Waals surface area contributed by atoms with Crippen molar-refractivity contribution >= 4 is 5.57 Å². The number of allylic oxidation sites excluding steroid dienone is 2. The molecule has 3 rings (SSSR count). The largest absolute Gasteiger partial charge is 0.488 e. The molecule has 0 aromatic heterocycles. The van der Waals surface area contributed by atoms with E-state index < -0.39 is 0 Å². The molecule has 0 saturated carbocycles. The van der Waals surface area contributed by atoms with Crippen LogP contribution in [-0.2, 0) is 13.0 Å². The number of fused-ring (bicyclic) bond motifs is 1. The van der Waals surface area contributed by atoms with Crippen LogP contribution in [0.4, 0.5) is 0 Å². The molecule has 1 aliphatic carbocycles. The molecule has 19 heavy (non-hydrogen) atoms. The lowest BCUT2D eigenvalue weighted by Gasteiger charge is -2.12. The highest BCUT2D eigenvalue weighted by Gasteiger charge is 2.19. The van der Waals surface area contributed by atoms with E-state index in [0.717, 1.165) is 12.2 Å². The first-order valence-electron chi connectivity index (χ1n) is 6.71. The summed E-state index contributed by atoms with van der Waals surface area (Å²) in [6, 6.07) is 16.7. The van der Waals surface area contributed by atoms with E-state index in [1.165, 1.54) is 27.8 Å². The van der Waals surface area contributed by atoms with Gasteiger partial charge in [-0.05, 0) is 43.0 Å². The molecule has 1 aliphatic rings. The molecule has 96 valence electrons. The fraction of sp³-hybridized carbons (Fsp3) is 0.222. The maximum absolute atomic E-state index is 6.02. The Morgan fingerprint density at radius 2 is 1.74 bits per heavy atom. The molecule has 2 aromatic rings. The van der Waals surface area contributed by atoms with Crippen LogP contribution >= 0.6 is 0 Å². The van der Waals surface area contributed by atoms with E-state index in [1.54, 1.807) is 0 Å². The highest BCUT2D eigenvalue weighted by molar-refractivity contribution is 5.78. The van der Waals surface area contributed by atoms with Crippen LogP contribution in [0.3, 0.4) is 0 Å². The summed E-state index contributed by atoms with van der Waals surface area (Å²) < 4.78 is 6.02. The van der Waals surface area contributed by atoms with Gasteiger partial charge in [-0.25, -0.2) is 0 Å². The van der Waals surface area contributed by atoms with Crippen LogP contribution in [0.5, 0.6) is 5.75 Å². The van der Waals surface area contributed by atoms with Crippen molar-refractivity contribution in [3.05, 3.63) is 70.8 Å². The van der Waals surface area contributed by atoms with Crippen molar-refractivity contribution in [2.45, 2.75) is 26.9 Å². The van der Waals surface area contributed by atoms with Crippen LogP contribution in [0.2, 0.25) is 0 Å². The van der Waals surface area contributed by atoms with Gasteiger partial charge in [0.15, 0.2) is 0 Å². The van der Waals surface area contributed by atoms with Gasteiger partial charge in [-0.3, -0.25) is 0 Å². The molecule has 1 heteroatoms. The number of benzene rings is 2. The Balaban J connectivity index is 1.85. The zero-order valence-electron chi connectivity index (χ0n) is 11.4. The van der Waals surface area contributed by atoms with Gasteiger partial charge in [0.25, 0.3) is 0 Å². The minimum atomic E-state index is 0.629. The van der Waals surface area contributed by atoms with Crippen molar-refractivity contribution in [2.75, 3.05) is 0 Å². The summed E-state index contributed by atoms with van der Waals surface area (Å²) in [6.07, 6.45) is 1.06. The summed E-state index contributed by atoms with van der Waals surface area (Å²) in [5, 5.41) is 0. The van der Waals surface area contributed by atoms with Crippen LogP contribution in [0.1, 0.15) is 30.5 Å². The maximum Gasteiger partial charge on any atom is 0.127 e. The van der Waals surface area contributed by atoms with E-state index in [1.807, 2.05) is 18.2 Å². The summed E-state index contributed by atoms with van der Waals surface area (Å²) >= 11 is 0. The third-order valence-electron chi connectivity index (χ3n) is 3.82. The summed E-state index contributed by atoms with van der Waals surface area (Å²) in [4.78, 5) is 0. The normalized spacial score (nSPS) is 13.6. The first kappa shape index (κ1) is 12.0. The average Bonchev–Trinajstić information content (AvgIpc) is 2.74. The highest BCUT2D eigenvalue weighted by Crippen LogP contribution is 2.38. The minimum Gasteiger partial charge on any atom is -0.488 e. The molecular formula is C18H18O. The van der Waals surface area contributed by atoms with E-state index in [4.69, 9.17) is 4.74 Å². The number of hydrogen-bond donors (Lipinski definition) is 0. The second kappa shape index (κ2) is 4.93. The fourth-order valence-corrected chi connectivity index (χ4v) is 2.64. The number of rotatable bonds is 3. The number of hydrogen-bond acceptors (Lipinski definition) is 1. The molecule has 2 aromatic carbocycles. The standard InChI is InChI=1S/C18H18O/c1-13-11-16-9-6-10-17(18(16)14(13)2)19-12-15-7-4-3-5-8-15/h3-10H,11-12H2,1-2H3/i2+1. The van der Waals surface area contributed by atoms with Gasteiger partial charge in [0, 0.05) is 5.56 Å². The Morgan fingerprint density at radius 1 is 0.947 bits per heavy atom. The summed E-state index contributed by atoms with van der Waals surface area (Å²) in [5.74, 6) is 1.01. The van der Waals surface area contributed by atoms with Gasteiger partial charge in [0.2, 0.25) is 0 Å². The van der Waals surface area contributed by atoms with Gasteiger partial charge >= 0.3 is 0 Å². The van der Waals surface area contributed by atoms with Gasteiger partial charge in [0.05, 0.1) is 0 Å². The van der Waals surface area contributed by atoms with Crippen LogP contribution in [-0.4, -0.2) is 0 Å². The second-order valence-corrected chi connectivity index (χ2v) is 5.15. The lowest BCUT2D eigenvalue weighted by molar-refractivity contribution is 0.305. The van der Waals surface area contributed by atoms with E-state index in [2.05, 4.69) is 44.2 Å². The Kier molecular flexibility index (Phi) is 3.12. The van der Waals surface area contributed by atoms with Crippen molar-refractivity contribution in [2.24, 2.45) is 0 Å². The smallest absolute Gasteiger partial charge is 0.127 e. The topological polar surface area (TPSA) is 9.23 Å². The van der Waals surface area contributed by atoms with Gasteiger partial charge < -0.3 is 4.74 Å². The molecule has 0 amide bonds.